The van der Waals surface area contributed by atoms with Gasteiger partial charge in [-0.1, -0.05) is 32.0 Å². The topological polar surface area (TPSA) is 124 Å². The number of hydrogen-bond donors (Lipinski definition) is 3. The first-order chi connectivity index (χ1) is 21.9. The van der Waals surface area contributed by atoms with Crippen molar-refractivity contribution in [2.45, 2.75) is 63.1 Å². The first-order valence-electron chi connectivity index (χ1n) is 15.7. The van der Waals surface area contributed by atoms with Gasteiger partial charge in [0.1, 0.15) is 23.8 Å². The molecule has 4 N–H and O–H groups in total. The fourth-order valence-electron chi connectivity index (χ4n) is 5.91. The molecule has 1 aliphatic heterocycles. The number of nitrogens with zero attached hydrogens (tertiary/aromatic N) is 2. The molecular formula is C34H43F2N4O5S+. The summed E-state index contributed by atoms with van der Waals surface area (Å²) in [5.41, 5.74) is 1.45. The zero-order valence-electron chi connectivity index (χ0n) is 26.5. The largest absolute Gasteiger partial charge is 0.385 e. The Balaban J connectivity index is 1.61. The van der Waals surface area contributed by atoms with E-state index in [9.17, 15) is 31.9 Å². The highest BCUT2D eigenvalue weighted by atomic mass is 32.2. The monoisotopic (exact) mass is 657 g/mol. The first kappa shape index (κ1) is 35.1. The minimum atomic E-state index is -3.84. The van der Waals surface area contributed by atoms with E-state index in [1.54, 1.807) is 42.2 Å². The number of sulfonamides is 1. The Labute approximate surface area is 269 Å². The lowest BCUT2D eigenvalue weighted by Gasteiger charge is -2.35. The second-order valence-electron chi connectivity index (χ2n) is 11.8. The Hall–Kier alpha value is -3.71. The van der Waals surface area contributed by atoms with Crippen molar-refractivity contribution in [1.29, 1.82) is 0 Å². The third-order valence-corrected chi connectivity index (χ3v) is 9.93. The number of nitrogens with two attached hydrogens (primary N) is 1. The van der Waals surface area contributed by atoms with Crippen LogP contribution in [0.2, 0.25) is 0 Å². The van der Waals surface area contributed by atoms with Crippen LogP contribution in [-0.2, 0) is 16.4 Å². The molecule has 0 spiro atoms. The molecule has 0 bridgehead atoms. The molecule has 46 heavy (non-hydrogen) atoms. The second kappa shape index (κ2) is 15.7. The number of nitrogens with one attached hydrogen (secondary N) is 1. The van der Waals surface area contributed by atoms with Crippen molar-refractivity contribution in [1.82, 2.24) is 14.5 Å². The molecule has 248 valence electrons. The molecule has 12 heteroatoms. The molecule has 1 aliphatic rings. The lowest BCUT2D eigenvalue weighted by atomic mass is 9.94. The van der Waals surface area contributed by atoms with Gasteiger partial charge in [-0.15, -0.1) is 0 Å². The van der Waals surface area contributed by atoms with Crippen molar-refractivity contribution < 1.29 is 37.2 Å². The first-order valence-corrected chi connectivity index (χ1v) is 17.1. The number of piperazine rings is 1. The van der Waals surface area contributed by atoms with Gasteiger partial charge >= 0.3 is 0 Å². The predicted octanol–water partition coefficient (Wildman–Crippen LogP) is 2.87. The molecule has 3 aromatic carbocycles. The van der Waals surface area contributed by atoms with Crippen molar-refractivity contribution in [3.05, 3.63) is 101 Å². The van der Waals surface area contributed by atoms with E-state index in [1.165, 1.54) is 22.5 Å². The van der Waals surface area contributed by atoms with E-state index < -0.39 is 45.8 Å². The Kier molecular flexibility index (Phi) is 12.0. The quantitative estimate of drug-likeness (QED) is 0.261. The zero-order valence-corrected chi connectivity index (χ0v) is 27.3. The number of halogens is 2. The molecule has 0 aromatic heterocycles. The van der Waals surface area contributed by atoms with Gasteiger partial charge in [0.2, 0.25) is 10.0 Å². The summed E-state index contributed by atoms with van der Waals surface area (Å²) in [4.78, 5) is 28.9. The maximum absolute atomic E-state index is 14.1. The maximum atomic E-state index is 14.1. The standard InChI is InChI=1S/C34H42F2N4O5S/c1-4-12-39(13-5-2)34(43)26-16-23(3)15-25(20-26)33(42)38-30(19-24-17-27(35)21-28(36)18-24)32(41)31-22-40(14-11-37-31)46(44,45)29-9-7-6-8-10-29/h6-10,15-18,20-21,30-32,37,41H,4-5,11-14,19,22H2,1-3H3,(H,38,42)/p+1/t30-,31+,32-/m0/s1. The molecule has 9 nitrogen and oxygen atoms in total. The van der Waals surface area contributed by atoms with Gasteiger partial charge in [0.05, 0.1) is 30.6 Å². The molecule has 4 rings (SSSR count). The van der Waals surface area contributed by atoms with Crippen molar-refractivity contribution in [2.75, 3.05) is 32.7 Å². The summed E-state index contributed by atoms with van der Waals surface area (Å²) in [7, 11) is -3.84. The lowest BCUT2D eigenvalue weighted by molar-refractivity contribution is -0.703. The van der Waals surface area contributed by atoms with E-state index in [1.807, 2.05) is 19.2 Å². The summed E-state index contributed by atoms with van der Waals surface area (Å²) in [6.45, 7) is 7.44. The summed E-state index contributed by atoms with van der Waals surface area (Å²) in [6, 6.07) is 14.1. The molecule has 2 amide bonds. The van der Waals surface area contributed by atoms with Crippen molar-refractivity contribution in [3.63, 3.8) is 0 Å². The van der Waals surface area contributed by atoms with Crippen LogP contribution in [0.3, 0.4) is 0 Å². The van der Waals surface area contributed by atoms with Crippen molar-refractivity contribution >= 4 is 21.8 Å². The van der Waals surface area contributed by atoms with Gasteiger partial charge in [-0.05, 0) is 79.8 Å². The fraction of sp³-hybridized carbons (Fsp3) is 0.412. The number of amides is 2. The SMILES string of the molecule is CCCN(CCC)C(=O)c1cc(C)cc(C(=O)N[C@@H](Cc2cc(F)cc(F)c2)[C@H](O)[C@H]2CN(S(=O)(=O)c3ccccc3)CC[NH2+]2)c1. The van der Waals surface area contributed by atoms with Crippen LogP contribution in [0.4, 0.5) is 8.78 Å². The average Bonchev–Trinajstić information content (AvgIpc) is 3.03. The van der Waals surface area contributed by atoms with Gasteiger partial charge in [0.25, 0.3) is 11.8 Å². The van der Waals surface area contributed by atoms with E-state index in [0.717, 1.165) is 31.0 Å². The van der Waals surface area contributed by atoms with Crippen LogP contribution in [-0.4, -0.2) is 85.5 Å². The summed E-state index contributed by atoms with van der Waals surface area (Å²) in [5.74, 6) is -2.38. The van der Waals surface area contributed by atoms with Crippen LogP contribution < -0.4 is 10.6 Å². The number of quaternary nitrogens is 1. The Morgan fingerprint density at radius 2 is 1.63 bits per heavy atom. The van der Waals surface area contributed by atoms with Gasteiger partial charge < -0.3 is 20.6 Å². The lowest BCUT2D eigenvalue weighted by Crippen LogP contribution is -2.98. The molecular weight excluding hydrogens is 614 g/mol. The van der Waals surface area contributed by atoms with Crippen molar-refractivity contribution in [3.8, 4) is 0 Å². The molecule has 3 aromatic rings. The molecule has 1 fully saturated rings. The number of carbonyl (C=O) groups excluding carboxylic acids is 2. The second-order valence-corrected chi connectivity index (χ2v) is 13.7. The minimum absolute atomic E-state index is 0.0456. The van der Waals surface area contributed by atoms with E-state index in [-0.39, 0.29) is 41.4 Å². The minimum Gasteiger partial charge on any atom is -0.385 e. The summed E-state index contributed by atoms with van der Waals surface area (Å²) < 4.78 is 56.3. The number of hydrogen-bond acceptors (Lipinski definition) is 5. The molecule has 0 unspecified atom stereocenters. The normalized spacial score (nSPS) is 16.9. The Morgan fingerprint density at radius 1 is 1.00 bits per heavy atom. The number of carbonyl (C=O) groups is 2. The van der Waals surface area contributed by atoms with Crippen LogP contribution in [0.5, 0.6) is 0 Å². The van der Waals surface area contributed by atoms with Crippen LogP contribution >= 0.6 is 0 Å². The van der Waals surface area contributed by atoms with E-state index in [0.29, 0.717) is 30.8 Å². The number of aliphatic hydroxyl groups excluding tert-OH is 1. The van der Waals surface area contributed by atoms with Crippen molar-refractivity contribution in [2.24, 2.45) is 0 Å². The highest BCUT2D eigenvalue weighted by Crippen LogP contribution is 2.20. The number of aliphatic hydroxyl groups is 1. The number of aryl methyl sites for hydroxylation is 1. The molecule has 0 aliphatic carbocycles. The van der Waals surface area contributed by atoms with Gasteiger partial charge in [0, 0.05) is 30.3 Å². The average molecular weight is 658 g/mol. The molecule has 0 radical (unpaired) electrons. The Bertz CT molecular complexity index is 1600. The number of benzene rings is 3. The third kappa shape index (κ3) is 8.75. The Morgan fingerprint density at radius 3 is 2.26 bits per heavy atom. The van der Waals surface area contributed by atoms with E-state index in [2.05, 4.69) is 5.32 Å². The maximum Gasteiger partial charge on any atom is 0.253 e. The van der Waals surface area contributed by atoms with E-state index in [4.69, 9.17) is 0 Å². The highest BCUT2D eigenvalue weighted by Gasteiger charge is 2.39. The predicted molar refractivity (Wildman–Crippen MR) is 171 cm³/mol. The third-order valence-electron chi connectivity index (χ3n) is 8.05. The van der Waals surface area contributed by atoms with Gasteiger partial charge in [0.15, 0.2) is 0 Å². The van der Waals surface area contributed by atoms with Crippen LogP contribution in [0, 0.1) is 18.6 Å². The molecule has 3 atom stereocenters. The highest BCUT2D eigenvalue weighted by molar-refractivity contribution is 7.89. The van der Waals surface area contributed by atoms with E-state index >= 15 is 0 Å². The number of rotatable bonds is 13. The molecule has 1 saturated heterocycles. The molecule has 0 saturated carbocycles. The summed E-state index contributed by atoms with van der Waals surface area (Å²) >= 11 is 0. The van der Waals surface area contributed by atoms with Gasteiger partial charge in [-0.3, -0.25) is 9.59 Å². The smallest absolute Gasteiger partial charge is 0.253 e. The summed E-state index contributed by atoms with van der Waals surface area (Å²) in [6.07, 6.45) is 0.135. The molecule has 1 heterocycles. The van der Waals surface area contributed by atoms with Crippen LogP contribution in [0.25, 0.3) is 0 Å². The fourth-order valence-corrected chi connectivity index (χ4v) is 7.42. The van der Waals surface area contributed by atoms with Crippen LogP contribution in [0.15, 0.2) is 71.6 Å². The van der Waals surface area contributed by atoms with Gasteiger partial charge in [-0.25, -0.2) is 17.2 Å². The summed E-state index contributed by atoms with van der Waals surface area (Å²) in [5, 5.41) is 16.3. The van der Waals surface area contributed by atoms with Crippen LogP contribution in [0.1, 0.15) is 58.5 Å². The zero-order chi connectivity index (χ0) is 33.4. The van der Waals surface area contributed by atoms with Gasteiger partial charge in [-0.2, -0.15) is 4.31 Å².